The monoisotopic (exact) mass is 329 g/mol. The fourth-order valence-corrected chi connectivity index (χ4v) is 1.61. The number of nitrogens with one attached hydrogen (secondary N) is 2. The van der Waals surface area contributed by atoms with Crippen molar-refractivity contribution in [3.8, 4) is 0 Å². The maximum Gasteiger partial charge on any atom is 0.241 e. The van der Waals surface area contributed by atoms with Gasteiger partial charge in [-0.1, -0.05) is 6.92 Å². The molecule has 0 radical (unpaired) electrons. The van der Waals surface area contributed by atoms with Crippen LogP contribution in [0.4, 0.5) is 11.8 Å². The summed E-state index contributed by atoms with van der Waals surface area (Å²) in [5.74, 6) is 1.20. The first-order valence-corrected chi connectivity index (χ1v) is 7.12. The Morgan fingerprint density at radius 1 is 1.42 bits per heavy atom. The molecule has 106 valence electrons. The predicted molar refractivity (Wildman–Crippen MR) is 80.3 cm³/mol. The van der Waals surface area contributed by atoms with Crippen molar-refractivity contribution in [3.63, 3.8) is 0 Å². The fraction of sp³-hybridized carbons (Fsp3) is 0.583. The topological polar surface area (TPSA) is 70.2 Å². The summed E-state index contributed by atoms with van der Waals surface area (Å²) in [6.45, 7) is 5.73. The Hall–Kier alpha value is -1.37. The van der Waals surface area contributed by atoms with Crippen molar-refractivity contribution in [1.29, 1.82) is 0 Å². The van der Waals surface area contributed by atoms with Crippen LogP contribution in [0, 0.1) is 0 Å². The van der Waals surface area contributed by atoms with Gasteiger partial charge in [0.1, 0.15) is 5.82 Å². The van der Waals surface area contributed by atoms with Gasteiger partial charge in [0, 0.05) is 26.3 Å². The van der Waals surface area contributed by atoms with Gasteiger partial charge in [-0.25, -0.2) is 4.98 Å². The van der Waals surface area contributed by atoms with Gasteiger partial charge >= 0.3 is 0 Å². The van der Waals surface area contributed by atoms with Crippen molar-refractivity contribution in [2.75, 3.05) is 37.3 Å². The van der Waals surface area contributed by atoms with E-state index in [1.165, 1.54) is 0 Å². The minimum absolute atomic E-state index is 0.0241. The van der Waals surface area contributed by atoms with Crippen molar-refractivity contribution < 1.29 is 4.79 Å². The van der Waals surface area contributed by atoms with Crippen LogP contribution in [0.5, 0.6) is 0 Å². The van der Waals surface area contributed by atoms with E-state index in [0.717, 1.165) is 17.4 Å². The van der Waals surface area contributed by atoms with E-state index in [1.54, 1.807) is 18.1 Å². The SMILES string of the molecule is CCCNc1ncc(Br)c(NCC(=O)N(C)CC)n1. The normalized spacial score (nSPS) is 10.1. The molecule has 0 aliphatic rings. The van der Waals surface area contributed by atoms with Gasteiger partial charge in [0.2, 0.25) is 11.9 Å². The van der Waals surface area contributed by atoms with Crippen LogP contribution in [0.2, 0.25) is 0 Å². The molecule has 0 bridgehead atoms. The molecule has 0 saturated carbocycles. The summed E-state index contributed by atoms with van der Waals surface area (Å²) in [5, 5.41) is 6.12. The van der Waals surface area contributed by atoms with Crippen LogP contribution in [0.3, 0.4) is 0 Å². The van der Waals surface area contributed by atoms with Gasteiger partial charge in [-0.05, 0) is 29.3 Å². The number of likely N-dealkylation sites (N-methyl/N-ethyl adjacent to an activating group) is 1. The molecule has 0 aromatic carbocycles. The molecule has 0 unspecified atom stereocenters. The molecule has 2 N–H and O–H groups in total. The van der Waals surface area contributed by atoms with Crippen LogP contribution >= 0.6 is 15.9 Å². The highest BCUT2D eigenvalue weighted by Crippen LogP contribution is 2.19. The van der Waals surface area contributed by atoms with Gasteiger partial charge < -0.3 is 15.5 Å². The van der Waals surface area contributed by atoms with Gasteiger partial charge in [-0.15, -0.1) is 0 Å². The Kier molecular flexibility index (Phi) is 6.55. The molecule has 0 fully saturated rings. The maximum atomic E-state index is 11.7. The van der Waals surface area contributed by atoms with Gasteiger partial charge in [0.05, 0.1) is 11.0 Å². The number of hydrogen-bond acceptors (Lipinski definition) is 5. The van der Waals surface area contributed by atoms with Gasteiger partial charge in [-0.2, -0.15) is 4.98 Å². The highest BCUT2D eigenvalue weighted by atomic mass is 79.9. The zero-order chi connectivity index (χ0) is 14.3. The number of carbonyl (C=O) groups is 1. The van der Waals surface area contributed by atoms with Crippen LogP contribution in [0.1, 0.15) is 20.3 Å². The highest BCUT2D eigenvalue weighted by molar-refractivity contribution is 9.10. The lowest BCUT2D eigenvalue weighted by molar-refractivity contribution is -0.127. The molecule has 1 heterocycles. The average Bonchev–Trinajstić information content (AvgIpc) is 2.43. The molecule has 7 heteroatoms. The quantitative estimate of drug-likeness (QED) is 0.800. The van der Waals surface area contributed by atoms with Crippen LogP contribution in [-0.2, 0) is 4.79 Å². The van der Waals surface area contributed by atoms with E-state index in [4.69, 9.17) is 0 Å². The fourth-order valence-electron chi connectivity index (χ4n) is 1.28. The van der Waals surface area contributed by atoms with E-state index in [2.05, 4.69) is 43.5 Å². The summed E-state index contributed by atoms with van der Waals surface area (Å²) in [4.78, 5) is 21.8. The molecule has 0 aliphatic heterocycles. The second-order valence-electron chi connectivity index (χ2n) is 4.08. The molecule has 1 amide bonds. The second-order valence-corrected chi connectivity index (χ2v) is 4.93. The summed E-state index contributed by atoms with van der Waals surface area (Å²) in [5.41, 5.74) is 0. The van der Waals surface area contributed by atoms with Crippen LogP contribution in [0.25, 0.3) is 0 Å². The Labute approximate surface area is 122 Å². The lowest BCUT2D eigenvalue weighted by atomic mass is 10.4. The summed E-state index contributed by atoms with van der Waals surface area (Å²) in [6, 6.07) is 0. The molecule has 0 saturated heterocycles. The number of nitrogens with zero attached hydrogens (tertiary/aromatic N) is 3. The molecule has 0 aliphatic carbocycles. The van der Waals surface area contributed by atoms with Crippen molar-refractivity contribution >= 4 is 33.6 Å². The first-order chi connectivity index (χ1) is 9.08. The van der Waals surface area contributed by atoms with E-state index >= 15 is 0 Å². The van der Waals surface area contributed by atoms with Crippen molar-refractivity contribution in [2.45, 2.75) is 20.3 Å². The van der Waals surface area contributed by atoms with E-state index in [0.29, 0.717) is 18.3 Å². The molecule has 19 heavy (non-hydrogen) atoms. The largest absolute Gasteiger partial charge is 0.360 e. The first kappa shape index (κ1) is 15.7. The van der Waals surface area contributed by atoms with E-state index in [9.17, 15) is 4.79 Å². The Morgan fingerprint density at radius 2 is 2.16 bits per heavy atom. The lowest BCUT2D eigenvalue weighted by Gasteiger charge is -2.15. The van der Waals surface area contributed by atoms with Gasteiger partial charge in [0.15, 0.2) is 0 Å². The number of amides is 1. The lowest BCUT2D eigenvalue weighted by Crippen LogP contribution is -2.32. The highest BCUT2D eigenvalue weighted by Gasteiger charge is 2.09. The molecule has 6 nitrogen and oxygen atoms in total. The summed E-state index contributed by atoms with van der Waals surface area (Å²) in [6.07, 6.45) is 2.67. The minimum Gasteiger partial charge on any atom is -0.360 e. The molecule has 0 atom stereocenters. The van der Waals surface area contributed by atoms with Crippen molar-refractivity contribution in [3.05, 3.63) is 10.7 Å². The predicted octanol–water partition coefficient (Wildman–Crippen LogP) is 1.95. The summed E-state index contributed by atoms with van der Waals surface area (Å²) in [7, 11) is 1.77. The number of aromatic nitrogens is 2. The number of halogens is 1. The zero-order valence-corrected chi connectivity index (χ0v) is 13.1. The molecular formula is C12H20BrN5O. The van der Waals surface area contributed by atoms with Crippen molar-refractivity contribution in [1.82, 2.24) is 14.9 Å². The van der Waals surface area contributed by atoms with Crippen LogP contribution < -0.4 is 10.6 Å². The van der Waals surface area contributed by atoms with E-state index in [-0.39, 0.29) is 12.5 Å². The second kappa shape index (κ2) is 7.93. The molecular weight excluding hydrogens is 310 g/mol. The molecule has 0 spiro atoms. The van der Waals surface area contributed by atoms with Gasteiger partial charge in [0.25, 0.3) is 0 Å². The van der Waals surface area contributed by atoms with Gasteiger partial charge in [-0.3, -0.25) is 4.79 Å². The smallest absolute Gasteiger partial charge is 0.241 e. The average molecular weight is 330 g/mol. The van der Waals surface area contributed by atoms with E-state index < -0.39 is 0 Å². The first-order valence-electron chi connectivity index (χ1n) is 6.32. The van der Waals surface area contributed by atoms with Crippen LogP contribution in [0.15, 0.2) is 10.7 Å². The third kappa shape index (κ3) is 5.02. The Bertz CT molecular complexity index is 427. The summed E-state index contributed by atoms with van der Waals surface area (Å²) >= 11 is 3.36. The van der Waals surface area contributed by atoms with Crippen LogP contribution in [-0.4, -0.2) is 47.5 Å². The molecule has 1 aromatic heterocycles. The third-order valence-corrected chi connectivity index (χ3v) is 3.16. The molecule has 1 aromatic rings. The zero-order valence-electron chi connectivity index (χ0n) is 11.5. The van der Waals surface area contributed by atoms with Crippen molar-refractivity contribution in [2.24, 2.45) is 0 Å². The number of anilines is 2. The number of hydrogen-bond donors (Lipinski definition) is 2. The Balaban J connectivity index is 2.64. The third-order valence-electron chi connectivity index (χ3n) is 2.58. The van der Waals surface area contributed by atoms with E-state index in [1.807, 2.05) is 6.92 Å². The maximum absolute atomic E-state index is 11.7. The molecule has 1 rings (SSSR count). The number of carbonyl (C=O) groups excluding carboxylic acids is 1. The minimum atomic E-state index is 0.0241. The number of rotatable bonds is 7. The summed E-state index contributed by atoms with van der Waals surface area (Å²) < 4.78 is 0.738. The Morgan fingerprint density at radius 3 is 2.79 bits per heavy atom. The standard InChI is InChI=1S/C12H20BrN5O/c1-4-6-14-12-16-7-9(13)11(17-12)15-8-10(19)18(3)5-2/h7H,4-6,8H2,1-3H3,(H2,14,15,16,17).